The highest BCUT2D eigenvalue weighted by atomic mass is 16.3. The van der Waals surface area contributed by atoms with Gasteiger partial charge in [0.25, 0.3) is 0 Å². The Labute approximate surface area is 46.7 Å². The van der Waals surface area contributed by atoms with Gasteiger partial charge in [0.15, 0.2) is 0 Å². The molecule has 1 aliphatic heterocycles. The lowest BCUT2D eigenvalue weighted by atomic mass is 10.2. The Morgan fingerprint density at radius 3 is 2.62 bits per heavy atom. The van der Waals surface area contributed by atoms with E-state index in [2.05, 4.69) is 5.32 Å². The number of carbonyl (C=O) groups is 1. The molecule has 1 fully saturated rings. The second-order valence-corrected chi connectivity index (χ2v) is 1.84. The lowest BCUT2D eigenvalue weighted by molar-refractivity contribution is -0.120. The van der Waals surface area contributed by atoms with Crippen molar-refractivity contribution in [2.24, 2.45) is 5.73 Å². The topological polar surface area (TPSA) is 75.4 Å². The number of rotatable bonds is 0. The average molecular weight is 116 g/mol. The third-order valence-electron chi connectivity index (χ3n) is 1.20. The van der Waals surface area contributed by atoms with Crippen LogP contribution in [-0.2, 0) is 4.79 Å². The highest BCUT2D eigenvalue weighted by Gasteiger charge is 2.28. The third kappa shape index (κ3) is 0.677. The van der Waals surface area contributed by atoms with Gasteiger partial charge >= 0.3 is 0 Å². The maximum absolute atomic E-state index is 10.4. The summed E-state index contributed by atoms with van der Waals surface area (Å²) < 4.78 is 0. The van der Waals surface area contributed by atoms with E-state index < -0.39 is 12.1 Å². The SMILES string of the molecule is N[C@H]1C(=O)NC[C@@H]1O. The van der Waals surface area contributed by atoms with Crippen molar-refractivity contribution in [3.05, 3.63) is 0 Å². The Morgan fingerprint density at radius 2 is 2.50 bits per heavy atom. The molecular formula is C4H8N2O2. The van der Waals surface area contributed by atoms with E-state index in [-0.39, 0.29) is 5.91 Å². The summed E-state index contributed by atoms with van der Waals surface area (Å²) in [6, 6.07) is -0.713. The number of carbonyl (C=O) groups excluding carboxylic acids is 1. The Morgan fingerprint density at radius 1 is 1.88 bits per heavy atom. The molecule has 1 rings (SSSR count). The molecule has 0 aliphatic carbocycles. The first-order valence-corrected chi connectivity index (χ1v) is 2.43. The summed E-state index contributed by atoms with van der Waals surface area (Å²) in [5, 5.41) is 11.2. The van der Waals surface area contributed by atoms with E-state index in [4.69, 9.17) is 10.8 Å². The molecule has 1 saturated heterocycles. The molecule has 46 valence electrons. The molecule has 4 heteroatoms. The molecule has 4 N–H and O–H groups in total. The minimum Gasteiger partial charge on any atom is -0.389 e. The molecule has 8 heavy (non-hydrogen) atoms. The van der Waals surface area contributed by atoms with Crippen molar-refractivity contribution >= 4 is 5.91 Å². The van der Waals surface area contributed by atoms with Gasteiger partial charge in [-0.05, 0) is 0 Å². The van der Waals surface area contributed by atoms with Crippen LogP contribution in [0.25, 0.3) is 0 Å². The molecule has 4 nitrogen and oxygen atoms in total. The molecule has 2 atom stereocenters. The van der Waals surface area contributed by atoms with Crippen molar-refractivity contribution in [2.75, 3.05) is 6.54 Å². The number of hydrogen-bond donors (Lipinski definition) is 3. The quantitative estimate of drug-likeness (QED) is 0.336. The molecule has 0 aromatic carbocycles. The van der Waals surface area contributed by atoms with Gasteiger partial charge in [0.1, 0.15) is 6.04 Å². The van der Waals surface area contributed by atoms with E-state index in [1.54, 1.807) is 0 Å². The summed E-state index contributed by atoms with van der Waals surface area (Å²) >= 11 is 0. The van der Waals surface area contributed by atoms with E-state index in [9.17, 15) is 4.79 Å². The zero-order chi connectivity index (χ0) is 6.15. The van der Waals surface area contributed by atoms with Gasteiger partial charge in [-0.1, -0.05) is 0 Å². The van der Waals surface area contributed by atoms with Crippen molar-refractivity contribution in [2.45, 2.75) is 12.1 Å². The van der Waals surface area contributed by atoms with Crippen LogP contribution in [0.2, 0.25) is 0 Å². The number of hydrogen-bond acceptors (Lipinski definition) is 3. The van der Waals surface area contributed by atoms with Gasteiger partial charge in [-0.15, -0.1) is 0 Å². The third-order valence-corrected chi connectivity index (χ3v) is 1.20. The van der Waals surface area contributed by atoms with Crippen LogP contribution in [0, 0.1) is 0 Å². The minimum atomic E-state index is -0.713. The maximum atomic E-state index is 10.4. The number of amides is 1. The van der Waals surface area contributed by atoms with Gasteiger partial charge in [-0.3, -0.25) is 4.79 Å². The number of nitrogens with one attached hydrogen (secondary N) is 1. The molecular weight excluding hydrogens is 108 g/mol. The average Bonchev–Trinajstić information content (AvgIpc) is 1.98. The van der Waals surface area contributed by atoms with Crippen molar-refractivity contribution in [1.29, 1.82) is 0 Å². The summed E-state index contributed by atoms with van der Waals surface area (Å²) in [5.74, 6) is -0.266. The second-order valence-electron chi connectivity index (χ2n) is 1.84. The predicted molar refractivity (Wildman–Crippen MR) is 27.0 cm³/mol. The fourth-order valence-electron chi connectivity index (χ4n) is 0.625. The largest absolute Gasteiger partial charge is 0.389 e. The molecule has 0 aromatic heterocycles. The number of nitrogens with two attached hydrogens (primary N) is 1. The minimum absolute atomic E-state index is 0.266. The molecule has 0 aromatic rings. The summed E-state index contributed by atoms with van der Waals surface area (Å²) in [6.07, 6.45) is -0.692. The van der Waals surface area contributed by atoms with Crippen LogP contribution in [0.3, 0.4) is 0 Å². The van der Waals surface area contributed by atoms with Crippen molar-refractivity contribution < 1.29 is 9.90 Å². The number of aliphatic hydroxyl groups is 1. The summed E-state index contributed by atoms with van der Waals surface area (Å²) in [6.45, 7) is 0.292. The fraction of sp³-hybridized carbons (Fsp3) is 0.750. The fourth-order valence-corrected chi connectivity index (χ4v) is 0.625. The van der Waals surface area contributed by atoms with Gasteiger partial charge < -0.3 is 16.2 Å². The van der Waals surface area contributed by atoms with E-state index >= 15 is 0 Å². The Bertz CT molecular complexity index is 115. The Hall–Kier alpha value is -0.610. The molecule has 1 amide bonds. The van der Waals surface area contributed by atoms with Gasteiger partial charge in [-0.25, -0.2) is 0 Å². The van der Waals surface area contributed by atoms with Crippen LogP contribution < -0.4 is 11.1 Å². The van der Waals surface area contributed by atoms with Crippen molar-refractivity contribution in [3.63, 3.8) is 0 Å². The molecule has 0 saturated carbocycles. The zero-order valence-electron chi connectivity index (χ0n) is 4.29. The van der Waals surface area contributed by atoms with Crippen molar-refractivity contribution in [3.8, 4) is 0 Å². The summed E-state index contributed by atoms with van der Waals surface area (Å²) in [5.41, 5.74) is 5.16. The van der Waals surface area contributed by atoms with E-state index in [0.717, 1.165) is 0 Å². The second kappa shape index (κ2) is 1.72. The summed E-state index contributed by atoms with van der Waals surface area (Å²) in [4.78, 5) is 10.4. The van der Waals surface area contributed by atoms with E-state index in [1.807, 2.05) is 0 Å². The predicted octanol–water partition coefficient (Wildman–Crippen LogP) is -2.20. The number of β-amino-alcohol motifs (C(OH)–C–C–N with tert-alkyl or cyclic N) is 1. The van der Waals surface area contributed by atoms with Gasteiger partial charge in [0.2, 0.25) is 5.91 Å². The maximum Gasteiger partial charge on any atom is 0.239 e. The normalized spacial score (nSPS) is 37.5. The first-order valence-electron chi connectivity index (χ1n) is 2.43. The molecule has 1 heterocycles. The van der Waals surface area contributed by atoms with Crippen LogP contribution in [0.5, 0.6) is 0 Å². The summed E-state index contributed by atoms with van der Waals surface area (Å²) in [7, 11) is 0. The van der Waals surface area contributed by atoms with Crippen LogP contribution in [0.1, 0.15) is 0 Å². The van der Waals surface area contributed by atoms with Crippen molar-refractivity contribution in [1.82, 2.24) is 5.32 Å². The first kappa shape index (κ1) is 5.53. The molecule has 0 unspecified atom stereocenters. The molecule has 0 radical (unpaired) electrons. The monoisotopic (exact) mass is 116 g/mol. The zero-order valence-corrected chi connectivity index (χ0v) is 4.29. The standard InChI is InChI=1S/C4H8N2O2/c5-3-2(7)1-6-4(3)8/h2-3,7H,1,5H2,(H,6,8)/t2-,3+/m0/s1. The molecule has 1 aliphatic rings. The van der Waals surface area contributed by atoms with Crippen LogP contribution in [0.4, 0.5) is 0 Å². The molecule has 0 spiro atoms. The lowest BCUT2D eigenvalue weighted by Gasteiger charge is -2.00. The number of aliphatic hydroxyl groups excluding tert-OH is 1. The highest BCUT2D eigenvalue weighted by Crippen LogP contribution is 1.95. The highest BCUT2D eigenvalue weighted by molar-refractivity contribution is 5.84. The van der Waals surface area contributed by atoms with E-state index in [0.29, 0.717) is 6.54 Å². The van der Waals surface area contributed by atoms with Crippen LogP contribution >= 0.6 is 0 Å². The first-order chi connectivity index (χ1) is 3.72. The van der Waals surface area contributed by atoms with Crippen LogP contribution in [-0.4, -0.2) is 29.7 Å². The van der Waals surface area contributed by atoms with Gasteiger partial charge in [-0.2, -0.15) is 0 Å². The Balaban J connectivity index is 2.56. The Kier molecular flexibility index (Phi) is 1.19. The van der Waals surface area contributed by atoms with E-state index in [1.165, 1.54) is 0 Å². The lowest BCUT2D eigenvalue weighted by Crippen LogP contribution is -2.36. The van der Waals surface area contributed by atoms with Gasteiger partial charge in [0, 0.05) is 6.54 Å². The van der Waals surface area contributed by atoms with Crippen LogP contribution in [0.15, 0.2) is 0 Å². The molecule has 0 bridgehead atoms. The van der Waals surface area contributed by atoms with Gasteiger partial charge in [0.05, 0.1) is 6.10 Å². The smallest absolute Gasteiger partial charge is 0.239 e.